The van der Waals surface area contributed by atoms with Gasteiger partial charge >= 0.3 is 11.9 Å². The van der Waals surface area contributed by atoms with Crippen molar-refractivity contribution in [3.63, 3.8) is 0 Å². The number of unbranched alkanes of at least 4 members (excludes halogenated alkanes) is 14. The molecule has 0 aliphatic heterocycles. The molecule has 0 aromatic heterocycles. The van der Waals surface area contributed by atoms with Crippen molar-refractivity contribution in [2.24, 2.45) is 0 Å². The molecule has 0 fully saturated rings. The number of aliphatic carboxylic acids is 1. The summed E-state index contributed by atoms with van der Waals surface area (Å²) in [6, 6.07) is 0. The van der Waals surface area contributed by atoms with Gasteiger partial charge in [-0.25, -0.2) is 0 Å². The molecule has 0 radical (unpaired) electrons. The Hall–Kier alpha value is -2.36. The Kier molecular flexibility index (Phi) is 34.2. The first-order chi connectivity index (χ1) is 22.1. The van der Waals surface area contributed by atoms with E-state index in [1.165, 1.54) is 51.4 Å². The number of hydrogen-bond acceptors (Lipinski definition) is 3. The van der Waals surface area contributed by atoms with Gasteiger partial charge in [0.25, 0.3) is 0 Å². The molecule has 0 amide bonds. The average Bonchev–Trinajstić information content (AvgIpc) is 3.02. The molecule has 0 aliphatic rings. The smallest absolute Gasteiger partial charge is 0.306 e. The maximum atomic E-state index is 12.6. The third-order valence-corrected chi connectivity index (χ3v) is 8.00. The van der Waals surface area contributed by atoms with Gasteiger partial charge in [0.1, 0.15) is 6.10 Å². The van der Waals surface area contributed by atoms with Crippen LogP contribution in [0.5, 0.6) is 0 Å². The fourth-order valence-corrected chi connectivity index (χ4v) is 5.27. The molecule has 45 heavy (non-hydrogen) atoms. The molecule has 1 unspecified atom stereocenters. The number of carboxylic acids is 1. The molecule has 1 N–H and O–H groups in total. The van der Waals surface area contributed by atoms with Crippen molar-refractivity contribution in [2.75, 3.05) is 0 Å². The summed E-state index contributed by atoms with van der Waals surface area (Å²) >= 11 is 0. The summed E-state index contributed by atoms with van der Waals surface area (Å²) < 4.78 is 5.94. The Morgan fingerprint density at radius 2 is 0.933 bits per heavy atom. The van der Waals surface area contributed by atoms with Crippen LogP contribution >= 0.6 is 0 Å². The van der Waals surface area contributed by atoms with Crippen molar-refractivity contribution in [1.82, 2.24) is 0 Å². The summed E-state index contributed by atoms with van der Waals surface area (Å²) in [6.07, 6.45) is 49.5. The van der Waals surface area contributed by atoms with Gasteiger partial charge in [-0.3, -0.25) is 9.59 Å². The summed E-state index contributed by atoms with van der Waals surface area (Å²) in [4.78, 5) is 23.2. The predicted molar refractivity (Wildman–Crippen MR) is 195 cm³/mol. The lowest BCUT2D eigenvalue weighted by Crippen LogP contribution is -2.18. The highest BCUT2D eigenvalue weighted by Gasteiger charge is 2.14. The van der Waals surface area contributed by atoms with Crippen LogP contribution in [0.3, 0.4) is 0 Å². The van der Waals surface area contributed by atoms with E-state index in [0.29, 0.717) is 6.42 Å². The van der Waals surface area contributed by atoms with Gasteiger partial charge in [0, 0.05) is 12.8 Å². The summed E-state index contributed by atoms with van der Waals surface area (Å²) in [5.74, 6) is -0.728. The zero-order valence-electron chi connectivity index (χ0n) is 29.4. The predicted octanol–water partition coefficient (Wildman–Crippen LogP) is 12.9. The maximum Gasteiger partial charge on any atom is 0.306 e. The molecule has 0 aromatic carbocycles. The lowest BCUT2D eigenvalue weighted by atomic mass is 10.0. The van der Waals surface area contributed by atoms with Gasteiger partial charge in [0.2, 0.25) is 0 Å². The van der Waals surface area contributed by atoms with E-state index in [9.17, 15) is 9.59 Å². The Bertz CT molecular complexity index is 804. The van der Waals surface area contributed by atoms with Crippen molar-refractivity contribution in [2.45, 2.75) is 187 Å². The topological polar surface area (TPSA) is 63.6 Å². The molecular formula is C41H70O4. The molecule has 0 saturated heterocycles. The fourth-order valence-electron chi connectivity index (χ4n) is 5.27. The first kappa shape index (κ1) is 42.6. The molecule has 0 spiro atoms. The average molecular weight is 627 g/mol. The van der Waals surface area contributed by atoms with Crippen molar-refractivity contribution < 1.29 is 19.4 Å². The van der Waals surface area contributed by atoms with Gasteiger partial charge in [-0.2, -0.15) is 0 Å². The quantitative estimate of drug-likeness (QED) is 0.0447. The number of esters is 1. The maximum absolute atomic E-state index is 12.6. The first-order valence-electron chi connectivity index (χ1n) is 18.8. The van der Waals surface area contributed by atoms with Crippen LogP contribution in [-0.4, -0.2) is 23.1 Å². The Morgan fingerprint density at radius 1 is 0.511 bits per heavy atom. The second kappa shape index (κ2) is 36.1. The summed E-state index contributed by atoms with van der Waals surface area (Å²) in [7, 11) is 0. The molecule has 0 bridgehead atoms. The summed E-state index contributed by atoms with van der Waals surface area (Å²) in [5.41, 5.74) is 0. The molecule has 0 aliphatic carbocycles. The van der Waals surface area contributed by atoms with Gasteiger partial charge in [-0.15, -0.1) is 0 Å². The van der Waals surface area contributed by atoms with Crippen molar-refractivity contribution in [3.8, 4) is 0 Å². The molecule has 0 heterocycles. The number of rotatable bonds is 33. The highest BCUT2D eigenvalue weighted by Crippen LogP contribution is 2.18. The van der Waals surface area contributed by atoms with E-state index < -0.39 is 5.97 Å². The largest absolute Gasteiger partial charge is 0.481 e. The number of ether oxygens (including phenoxy) is 1. The minimum atomic E-state index is -0.706. The molecular weight excluding hydrogens is 556 g/mol. The Balaban J connectivity index is 3.93. The third-order valence-electron chi connectivity index (χ3n) is 8.00. The second-order valence-corrected chi connectivity index (χ2v) is 12.4. The molecule has 4 nitrogen and oxygen atoms in total. The van der Waals surface area contributed by atoms with E-state index in [1.807, 2.05) is 0 Å². The van der Waals surface area contributed by atoms with Crippen LogP contribution in [0.2, 0.25) is 0 Å². The Morgan fingerprint density at radius 3 is 1.44 bits per heavy atom. The number of allylic oxidation sites excluding steroid dienone is 10. The van der Waals surface area contributed by atoms with Crippen LogP contribution in [0.25, 0.3) is 0 Å². The third kappa shape index (κ3) is 36.0. The van der Waals surface area contributed by atoms with Gasteiger partial charge in [0.15, 0.2) is 0 Å². The number of carboxylic acid groups (broad SMARTS) is 1. The van der Waals surface area contributed by atoms with Crippen LogP contribution in [0.4, 0.5) is 0 Å². The highest BCUT2D eigenvalue weighted by molar-refractivity contribution is 5.69. The monoisotopic (exact) mass is 627 g/mol. The number of hydrogen-bond donors (Lipinski definition) is 1. The normalized spacial score (nSPS) is 12.9. The standard InChI is InChI=1S/C41H70O4/c1-3-5-7-9-11-12-13-14-15-16-17-18-19-20-21-22-23-24-25-30-34-38-41(44)45-39(35-31-27-10-8-6-4-2)36-32-28-26-29-33-37-40(42)43/h5,7,11-12,14-15,17-18,20-21,39H,3-4,6,8-10,13,16,19,22-38H2,1-2H3,(H,42,43)/b7-5-,12-11-,15-14-,18-17-,21-20-. The van der Waals surface area contributed by atoms with Gasteiger partial charge in [-0.05, 0) is 83.5 Å². The lowest BCUT2D eigenvalue weighted by molar-refractivity contribution is -0.150. The van der Waals surface area contributed by atoms with Crippen LogP contribution < -0.4 is 0 Å². The van der Waals surface area contributed by atoms with Crippen molar-refractivity contribution >= 4 is 11.9 Å². The van der Waals surface area contributed by atoms with E-state index in [4.69, 9.17) is 9.84 Å². The number of carbonyl (C=O) groups excluding carboxylic acids is 1. The molecule has 0 aromatic rings. The SMILES string of the molecule is CC/C=C\C/C=C\C/C=C\C/C=C\C/C=C\CCCCCCCC(=O)OC(CCCCCCCC)CCCCCCCC(=O)O. The molecule has 0 saturated carbocycles. The van der Waals surface area contributed by atoms with Gasteiger partial charge < -0.3 is 9.84 Å². The molecule has 258 valence electrons. The van der Waals surface area contributed by atoms with Crippen LogP contribution in [0, 0.1) is 0 Å². The van der Waals surface area contributed by atoms with E-state index >= 15 is 0 Å². The van der Waals surface area contributed by atoms with Crippen molar-refractivity contribution in [1.29, 1.82) is 0 Å². The van der Waals surface area contributed by atoms with E-state index in [2.05, 4.69) is 74.6 Å². The van der Waals surface area contributed by atoms with Gasteiger partial charge in [0.05, 0.1) is 0 Å². The summed E-state index contributed by atoms with van der Waals surface area (Å²) in [6.45, 7) is 4.40. The van der Waals surface area contributed by atoms with Gasteiger partial charge in [-0.1, -0.05) is 145 Å². The van der Waals surface area contributed by atoms with Crippen LogP contribution in [0.1, 0.15) is 181 Å². The zero-order valence-corrected chi connectivity index (χ0v) is 29.4. The van der Waals surface area contributed by atoms with Crippen molar-refractivity contribution in [3.05, 3.63) is 60.8 Å². The lowest BCUT2D eigenvalue weighted by Gasteiger charge is -2.18. The molecule has 1 atom stereocenters. The van der Waals surface area contributed by atoms with E-state index in [1.54, 1.807) is 0 Å². The second-order valence-electron chi connectivity index (χ2n) is 12.4. The molecule has 0 rings (SSSR count). The fraction of sp³-hybridized carbons (Fsp3) is 0.707. The zero-order chi connectivity index (χ0) is 32.9. The first-order valence-corrected chi connectivity index (χ1v) is 18.8. The summed E-state index contributed by atoms with van der Waals surface area (Å²) in [5, 5.41) is 8.78. The molecule has 4 heteroatoms. The highest BCUT2D eigenvalue weighted by atomic mass is 16.5. The van der Waals surface area contributed by atoms with Crippen LogP contribution in [0.15, 0.2) is 60.8 Å². The van der Waals surface area contributed by atoms with E-state index in [-0.39, 0.29) is 18.5 Å². The minimum Gasteiger partial charge on any atom is -0.481 e. The Labute approximate surface area is 278 Å². The minimum absolute atomic E-state index is 0.0220. The van der Waals surface area contributed by atoms with Crippen LogP contribution in [-0.2, 0) is 14.3 Å². The number of carbonyl (C=O) groups is 2. The van der Waals surface area contributed by atoms with E-state index in [0.717, 1.165) is 103 Å².